The molecule has 0 saturated heterocycles. The largest absolute Gasteiger partial charge is 0.376 e. The highest BCUT2D eigenvalue weighted by Gasteiger charge is 2.26. The van der Waals surface area contributed by atoms with Gasteiger partial charge in [0, 0.05) is 0 Å². The van der Waals surface area contributed by atoms with Gasteiger partial charge >= 0.3 is 0 Å². The molecule has 0 heterocycles. The third-order valence-electron chi connectivity index (χ3n) is 2.29. The van der Waals surface area contributed by atoms with Crippen LogP contribution in [-0.2, 0) is 0 Å². The zero-order chi connectivity index (χ0) is 11.5. The molecular weight excluding hydrogens is 204 g/mol. The van der Waals surface area contributed by atoms with Crippen LogP contribution in [0.5, 0.6) is 0 Å². The Morgan fingerprint density at radius 1 is 1.27 bits per heavy atom. The summed E-state index contributed by atoms with van der Waals surface area (Å²) in [6.45, 7) is 6.49. The molecule has 0 amide bonds. The van der Waals surface area contributed by atoms with Crippen LogP contribution in [0.3, 0.4) is 0 Å². The maximum atomic E-state index is 5.55. The molecule has 1 unspecified atom stereocenters. The normalized spacial score (nSPS) is 13.3. The first-order chi connectivity index (χ1) is 6.91. The number of benzene rings is 1. The Morgan fingerprint density at radius 2 is 1.80 bits per heavy atom. The van der Waals surface area contributed by atoms with Gasteiger partial charge in [0.15, 0.2) is 5.11 Å². The minimum absolute atomic E-state index is 0.0742. The molecule has 0 aliphatic heterocycles. The molecule has 0 bridgehead atoms. The van der Waals surface area contributed by atoms with Gasteiger partial charge in [-0.05, 0) is 23.2 Å². The minimum atomic E-state index is 0.0742. The SMILES string of the molecule is CC(C)(C)C(NC(N)=S)c1ccccc1. The third kappa shape index (κ3) is 3.51. The van der Waals surface area contributed by atoms with E-state index in [1.807, 2.05) is 18.2 Å². The molecule has 0 saturated carbocycles. The van der Waals surface area contributed by atoms with Crippen molar-refractivity contribution >= 4 is 17.3 Å². The van der Waals surface area contributed by atoms with Crippen LogP contribution in [0.15, 0.2) is 30.3 Å². The lowest BCUT2D eigenvalue weighted by Gasteiger charge is -2.32. The lowest BCUT2D eigenvalue weighted by molar-refractivity contribution is 0.303. The van der Waals surface area contributed by atoms with E-state index < -0.39 is 0 Å². The fourth-order valence-electron chi connectivity index (χ4n) is 1.59. The van der Waals surface area contributed by atoms with E-state index in [1.165, 1.54) is 5.56 Å². The zero-order valence-corrected chi connectivity index (χ0v) is 10.3. The van der Waals surface area contributed by atoms with Crippen molar-refractivity contribution in [2.75, 3.05) is 0 Å². The highest BCUT2D eigenvalue weighted by Crippen LogP contribution is 2.32. The maximum absolute atomic E-state index is 5.55. The van der Waals surface area contributed by atoms with Crippen molar-refractivity contribution in [2.24, 2.45) is 11.1 Å². The lowest BCUT2D eigenvalue weighted by atomic mass is 9.82. The van der Waals surface area contributed by atoms with E-state index in [4.69, 9.17) is 18.0 Å². The van der Waals surface area contributed by atoms with Crippen molar-refractivity contribution in [1.29, 1.82) is 0 Å². The fourth-order valence-corrected chi connectivity index (χ4v) is 1.71. The lowest BCUT2D eigenvalue weighted by Crippen LogP contribution is -2.39. The number of rotatable bonds is 2. The van der Waals surface area contributed by atoms with Crippen molar-refractivity contribution in [3.8, 4) is 0 Å². The minimum Gasteiger partial charge on any atom is -0.376 e. The summed E-state index contributed by atoms with van der Waals surface area (Å²) in [5.74, 6) is 0. The highest BCUT2D eigenvalue weighted by atomic mass is 32.1. The molecule has 15 heavy (non-hydrogen) atoms. The molecule has 1 atom stereocenters. The Balaban J connectivity index is 2.97. The smallest absolute Gasteiger partial charge is 0.164 e. The summed E-state index contributed by atoms with van der Waals surface area (Å²) in [6, 6.07) is 10.4. The van der Waals surface area contributed by atoms with Crippen molar-refractivity contribution in [3.05, 3.63) is 35.9 Å². The zero-order valence-electron chi connectivity index (χ0n) is 9.45. The number of nitrogens with two attached hydrogens (primary N) is 1. The monoisotopic (exact) mass is 222 g/mol. The van der Waals surface area contributed by atoms with Gasteiger partial charge < -0.3 is 11.1 Å². The van der Waals surface area contributed by atoms with E-state index in [9.17, 15) is 0 Å². The van der Waals surface area contributed by atoms with Crippen LogP contribution in [0, 0.1) is 5.41 Å². The molecular formula is C12H18N2S. The van der Waals surface area contributed by atoms with Crippen LogP contribution in [0.25, 0.3) is 0 Å². The summed E-state index contributed by atoms with van der Waals surface area (Å²) in [6.07, 6.45) is 0. The Bertz CT molecular complexity index is 327. The predicted octanol–water partition coefficient (Wildman–Crippen LogP) is 2.61. The molecule has 1 rings (SSSR count). The van der Waals surface area contributed by atoms with Gasteiger partial charge in [0.05, 0.1) is 6.04 Å². The van der Waals surface area contributed by atoms with Crippen LogP contribution >= 0.6 is 12.2 Å². The number of nitrogens with one attached hydrogen (secondary N) is 1. The summed E-state index contributed by atoms with van der Waals surface area (Å²) in [5, 5.41) is 3.49. The van der Waals surface area contributed by atoms with Crippen molar-refractivity contribution < 1.29 is 0 Å². The van der Waals surface area contributed by atoms with Crippen LogP contribution in [0.4, 0.5) is 0 Å². The summed E-state index contributed by atoms with van der Waals surface area (Å²) in [4.78, 5) is 0. The van der Waals surface area contributed by atoms with Gasteiger partial charge in [-0.2, -0.15) is 0 Å². The molecule has 0 aliphatic rings. The standard InChI is InChI=1S/C12H18N2S/c1-12(2,3)10(14-11(13)15)9-7-5-4-6-8-9/h4-8,10H,1-3H3,(H3,13,14,15). The first kappa shape index (κ1) is 12.0. The molecule has 0 spiro atoms. The molecule has 1 aromatic carbocycles. The third-order valence-corrected chi connectivity index (χ3v) is 2.40. The molecule has 3 heteroatoms. The quantitative estimate of drug-likeness (QED) is 0.755. The second-order valence-corrected chi connectivity index (χ2v) is 5.16. The molecule has 3 N–H and O–H groups in total. The maximum Gasteiger partial charge on any atom is 0.164 e. The summed E-state index contributed by atoms with van der Waals surface area (Å²) in [7, 11) is 0. The molecule has 82 valence electrons. The van der Waals surface area contributed by atoms with Crippen LogP contribution in [0.2, 0.25) is 0 Å². The van der Waals surface area contributed by atoms with E-state index in [2.05, 4.69) is 38.2 Å². The number of thiocarbonyl (C=S) groups is 1. The fraction of sp³-hybridized carbons (Fsp3) is 0.417. The molecule has 0 aromatic heterocycles. The average Bonchev–Trinajstić information content (AvgIpc) is 2.14. The van der Waals surface area contributed by atoms with E-state index >= 15 is 0 Å². The van der Waals surface area contributed by atoms with Gasteiger partial charge in [-0.25, -0.2) is 0 Å². The van der Waals surface area contributed by atoms with Crippen molar-refractivity contribution in [1.82, 2.24) is 5.32 Å². The van der Waals surface area contributed by atoms with Crippen LogP contribution in [0.1, 0.15) is 32.4 Å². The molecule has 0 aliphatic carbocycles. The predicted molar refractivity (Wildman–Crippen MR) is 68.6 cm³/mol. The van der Waals surface area contributed by atoms with E-state index in [0.29, 0.717) is 5.11 Å². The Hall–Kier alpha value is -1.09. The first-order valence-electron chi connectivity index (χ1n) is 5.02. The van der Waals surface area contributed by atoms with Gasteiger partial charge in [0.1, 0.15) is 0 Å². The number of hydrogen-bond acceptors (Lipinski definition) is 1. The Kier molecular flexibility index (Phi) is 3.69. The molecule has 0 fully saturated rings. The van der Waals surface area contributed by atoms with E-state index in [-0.39, 0.29) is 11.5 Å². The second kappa shape index (κ2) is 4.62. The summed E-state index contributed by atoms with van der Waals surface area (Å²) >= 11 is 4.91. The van der Waals surface area contributed by atoms with Gasteiger partial charge in [0.2, 0.25) is 0 Å². The summed E-state index contributed by atoms with van der Waals surface area (Å²) in [5.41, 5.74) is 6.83. The van der Waals surface area contributed by atoms with Crippen LogP contribution < -0.4 is 11.1 Å². The second-order valence-electron chi connectivity index (χ2n) is 4.72. The summed E-state index contributed by atoms with van der Waals surface area (Å²) < 4.78 is 0. The molecule has 2 nitrogen and oxygen atoms in total. The van der Waals surface area contributed by atoms with Gasteiger partial charge in [-0.1, -0.05) is 51.1 Å². The topological polar surface area (TPSA) is 38.0 Å². The Labute approximate surface area is 96.9 Å². The Morgan fingerprint density at radius 3 is 2.20 bits per heavy atom. The van der Waals surface area contributed by atoms with Gasteiger partial charge in [-0.15, -0.1) is 0 Å². The van der Waals surface area contributed by atoms with Crippen LogP contribution in [-0.4, -0.2) is 5.11 Å². The average molecular weight is 222 g/mol. The molecule has 0 radical (unpaired) electrons. The van der Waals surface area contributed by atoms with Crippen molar-refractivity contribution in [2.45, 2.75) is 26.8 Å². The molecule has 1 aromatic rings. The van der Waals surface area contributed by atoms with Gasteiger partial charge in [-0.3, -0.25) is 0 Å². The van der Waals surface area contributed by atoms with Gasteiger partial charge in [0.25, 0.3) is 0 Å². The first-order valence-corrected chi connectivity index (χ1v) is 5.43. The highest BCUT2D eigenvalue weighted by molar-refractivity contribution is 7.80. The van der Waals surface area contributed by atoms with Crippen molar-refractivity contribution in [3.63, 3.8) is 0 Å². The van der Waals surface area contributed by atoms with E-state index in [1.54, 1.807) is 0 Å². The number of hydrogen-bond donors (Lipinski definition) is 2. The van der Waals surface area contributed by atoms with E-state index in [0.717, 1.165) is 0 Å².